The summed E-state index contributed by atoms with van der Waals surface area (Å²) in [4.78, 5) is 12.5. The van der Waals surface area contributed by atoms with Crippen molar-refractivity contribution in [3.8, 4) is 5.75 Å². The molecule has 0 aliphatic rings. The van der Waals surface area contributed by atoms with Crippen molar-refractivity contribution in [2.24, 2.45) is 0 Å². The molecule has 158 valence electrons. The molecule has 0 unspecified atom stereocenters. The van der Waals surface area contributed by atoms with E-state index < -0.39 is 5.91 Å². The minimum atomic E-state index is -0.400. The lowest BCUT2D eigenvalue weighted by Gasteiger charge is -2.07. The average Bonchev–Trinajstić information content (AvgIpc) is 3.39. The Labute approximate surface area is 189 Å². The molecule has 31 heavy (non-hydrogen) atoms. The molecular weight excluding hydrogens is 437 g/mol. The van der Waals surface area contributed by atoms with E-state index in [0.29, 0.717) is 28.2 Å². The number of rotatable bonds is 7. The molecule has 0 spiro atoms. The molecule has 1 amide bonds. The number of nitrogens with one attached hydrogen (secondary N) is 1. The molecule has 1 N–H and O–H groups in total. The Morgan fingerprint density at radius 3 is 2.65 bits per heavy atom. The first-order valence-corrected chi connectivity index (χ1v) is 10.3. The minimum Gasteiger partial charge on any atom is -0.486 e. The van der Waals surface area contributed by atoms with Crippen LogP contribution >= 0.6 is 23.2 Å². The highest BCUT2D eigenvalue weighted by Crippen LogP contribution is 2.25. The van der Waals surface area contributed by atoms with Gasteiger partial charge in [-0.05, 0) is 48.9 Å². The Bertz CT molecular complexity index is 1200. The number of nitrogens with zero attached hydrogens (tertiary/aromatic N) is 2. The lowest BCUT2D eigenvalue weighted by molar-refractivity contribution is 0.0992. The predicted octanol–water partition coefficient (Wildman–Crippen LogP) is 5.97. The van der Waals surface area contributed by atoms with Gasteiger partial charge < -0.3 is 14.5 Å². The topological polar surface area (TPSA) is 69.3 Å². The van der Waals surface area contributed by atoms with Crippen LogP contribution in [-0.4, -0.2) is 15.7 Å². The largest absolute Gasteiger partial charge is 0.486 e. The number of benzene rings is 2. The van der Waals surface area contributed by atoms with E-state index in [0.717, 1.165) is 16.9 Å². The van der Waals surface area contributed by atoms with Crippen molar-refractivity contribution in [3.63, 3.8) is 0 Å². The minimum absolute atomic E-state index is 0.173. The fraction of sp³-hybridized carbons (Fsp3) is 0.130. The van der Waals surface area contributed by atoms with E-state index in [-0.39, 0.29) is 12.4 Å². The number of halogens is 2. The van der Waals surface area contributed by atoms with Crippen LogP contribution in [0.1, 0.15) is 27.4 Å². The standard InChI is InChI=1S/C23H19Cl2N3O3/c1-15-4-2-5-16(12-15)30-14-17-8-9-21(31-17)23(29)26-22-10-11-28(27-22)13-18-19(24)6-3-7-20(18)25/h2-12H,13-14H2,1H3,(H,26,27,29). The fourth-order valence-electron chi connectivity index (χ4n) is 2.98. The number of amides is 1. The Kier molecular flexibility index (Phi) is 6.30. The molecule has 0 aliphatic carbocycles. The molecule has 2 aromatic carbocycles. The van der Waals surface area contributed by atoms with Crippen LogP contribution in [0.5, 0.6) is 5.75 Å². The molecule has 6 nitrogen and oxygen atoms in total. The third kappa shape index (κ3) is 5.29. The zero-order valence-electron chi connectivity index (χ0n) is 16.6. The van der Waals surface area contributed by atoms with Crippen molar-refractivity contribution in [2.75, 3.05) is 5.32 Å². The summed E-state index contributed by atoms with van der Waals surface area (Å²) in [6, 6.07) is 18.0. The molecule has 0 bridgehead atoms. The second kappa shape index (κ2) is 9.29. The van der Waals surface area contributed by atoms with Crippen LogP contribution in [0.4, 0.5) is 5.82 Å². The van der Waals surface area contributed by atoms with Gasteiger partial charge >= 0.3 is 0 Å². The van der Waals surface area contributed by atoms with Crippen molar-refractivity contribution >= 4 is 34.9 Å². The molecule has 0 aliphatic heterocycles. The van der Waals surface area contributed by atoms with E-state index in [2.05, 4.69) is 10.4 Å². The van der Waals surface area contributed by atoms with E-state index in [1.165, 1.54) is 0 Å². The second-order valence-corrected chi connectivity index (χ2v) is 7.74. The number of furan rings is 1. The van der Waals surface area contributed by atoms with Gasteiger partial charge in [0.25, 0.3) is 5.91 Å². The smallest absolute Gasteiger partial charge is 0.292 e. The van der Waals surface area contributed by atoms with Crippen LogP contribution in [0.25, 0.3) is 0 Å². The van der Waals surface area contributed by atoms with Gasteiger partial charge in [0, 0.05) is 27.9 Å². The third-order valence-corrected chi connectivity index (χ3v) is 5.23. The highest BCUT2D eigenvalue weighted by molar-refractivity contribution is 6.35. The third-order valence-electron chi connectivity index (χ3n) is 4.52. The molecule has 2 aromatic heterocycles. The summed E-state index contributed by atoms with van der Waals surface area (Å²) in [6.45, 7) is 2.60. The summed E-state index contributed by atoms with van der Waals surface area (Å²) in [5.74, 6) is 1.45. The highest BCUT2D eigenvalue weighted by Gasteiger charge is 2.14. The Morgan fingerprint density at radius 1 is 1.10 bits per heavy atom. The lowest BCUT2D eigenvalue weighted by Crippen LogP contribution is -2.12. The SMILES string of the molecule is Cc1cccc(OCc2ccc(C(=O)Nc3ccn(Cc4c(Cl)cccc4Cl)n3)o2)c1. The van der Waals surface area contributed by atoms with Gasteiger partial charge in [0.1, 0.15) is 18.1 Å². The van der Waals surface area contributed by atoms with E-state index in [1.807, 2.05) is 31.2 Å². The van der Waals surface area contributed by atoms with E-state index >= 15 is 0 Å². The van der Waals surface area contributed by atoms with Crippen molar-refractivity contribution < 1.29 is 13.9 Å². The molecule has 8 heteroatoms. The molecule has 4 rings (SSSR count). The number of anilines is 1. The van der Waals surface area contributed by atoms with Gasteiger partial charge in [0.05, 0.1) is 6.54 Å². The van der Waals surface area contributed by atoms with E-state index in [1.54, 1.807) is 47.3 Å². The van der Waals surface area contributed by atoms with E-state index in [9.17, 15) is 4.79 Å². The number of carbonyl (C=O) groups is 1. The molecule has 0 radical (unpaired) electrons. The lowest BCUT2D eigenvalue weighted by atomic mass is 10.2. The highest BCUT2D eigenvalue weighted by atomic mass is 35.5. The summed E-state index contributed by atoms with van der Waals surface area (Å²) < 4.78 is 12.9. The maximum absolute atomic E-state index is 12.5. The van der Waals surface area contributed by atoms with Crippen molar-refractivity contribution in [3.05, 3.63) is 99.6 Å². The monoisotopic (exact) mass is 455 g/mol. The summed E-state index contributed by atoms with van der Waals surface area (Å²) in [7, 11) is 0. The molecule has 4 aromatic rings. The molecule has 0 saturated heterocycles. The first-order chi connectivity index (χ1) is 15.0. The zero-order valence-corrected chi connectivity index (χ0v) is 18.2. The van der Waals surface area contributed by atoms with Crippen LogP contribution in [0.2, 0.25) is 10.0 Å². The van der Waals surface area contributed by atoms with Crippen molar-refractivity contribution in [1.29, 1.82) is 0 Å². The predicted molar refractivity (Wildman–Crippen MR) is 120 cm³/mol. The quantitative estimate of drug-likeness (QED) is 0.372. The maximum Gasteiger partial charge on any atom is 0.292 e. The Hall–Kier alpha value is -3.22. The van der Waals surface area contributed by atoms with Crippen LogP contribution in [0.15, 0.2) is 71.3 Å². The summed E-state index contributed by atoms with van der Waals surface area (Å²) >= 11 is 12.4. The fourth-order valence-corrected chi connectivity index (χ4v) is 3.49. The van der Waals surface area contributed by atoms with Gasteiger partial charge in [0.15, 0.2) is 11.6 Å². The van der Waals surface area contributed by atoms with Gasteiger partial charge in [0.2, 0.25) is 0 Å². The van der Waals surface area contributed by atoms with Gasteiger partial charge in [-0.15, -0.1) is 0 Å². The zero-order chi connectivity index (χ0) is 21.8. The first-order valence-electron chi connectivity index (χ1n) is 9.54. The Morgan fingerprint density at radius 2 is 1.87 bits per heavy atom. The first kappa shape index (κ1) is 21.0. The van der Waals surface area contributed by atoms with Gasteiger partial charge in [-0.25, -0.2) is 0 Å². The second-order valence-electron chi connectivity index (χ2n) is 6.92. The summed E-state index contributed by atoms with van der Waals surface area (Å²) in [6.07, 6.45) is 1.73. The Balaban J connectivity index is 1.36. The van der Waals surface area contributed by atoms with Gasteiger partial charge in [-0.1, -0.05) is 41.4 Å². The molecule has 0 saturated carbocycles. The average molecular weight is 456 g/mol. The number of hydrogen-bond acceptors (Lipinski definition) is 4. The van der Waals surface area contributed by atoms with Crippen LogP contribution < -0.4 is 10.1 Å². The van der Waals surface area contributed by atoms with Crippen LogP contribution in [-0.2, 0) is 13.2 Å². The molecular formula is C23H19Cl2N3O3. The summed E-state index contributed by atoms with van der Waals surface area (Å²) in [5.41, 5.74) is 1.87. The number of hydrogen-bond donors (Lipinski definition) is 1. The number of carbonyl (C=O) groups excluding carboxylic acids is 1. The van der Waals surface area contributed by atoms with Crippen molar-refractivity contribution in [2.45, 2.75) is 20.1 Å². The maximum atomic E-state index is 12.5. The van der Waals surface area contributed by atoms with Crippen LogP contribution in [0, 0.1) is 6.92 Å². The normalized spacial score (nSPS) is 10.8. The molecule has 0 fully saturated rings. The van der Waals surface area contributed by atoms with Gasteiger partial charge in [-0.3, -0.25) is 9.48 Å². The van der Waals surface area contributed by atoms with E-state index in [4.69, 9.17) is 32.4 Å². The number of aromatic nitrogens is 2. The molecule has 0 atom stereocenters. The van der Waals surface area contributed by atoms with Crippen LogP contribution in [0.3, 0.4) is 0 Å². The van der Waals surface area contributed by atoms with Gasteiger partial charge in [-0.2, -0.15) is 5.10 Å². The number of aryl methyl sites for hydroxylation is 1. The number of ether oxygens (including phenoxy) is 1. The van der Waals surface area contributed by atoms with Crippen molar-refractivity contribution in [1.82, 2.24) is 9.78 Å². The molecule has 2 heterocycles. The summed E-state index contributed by atoms with van der Waals surface area (Å²) in [5, 5.41) is 8.18.